The molecule has 0 spiro atoms. The molecule has 6 nitrogen and oxygen atoms in total. The number of hydrogen-bond donors (Lipinski definition) is 2. The maximum atomic E-state index is 12.8. The van der Waals surface area contributed by atoms with E-state index in [4.69, 9.17) is 4.74 Å². The van der Waals surface area contributed by atoms with Gasteiger partial charge in [0.05, 0.1) is 16.1 Å². The fraction of sp³-hybridized carbons (Fsp3) is 0.235. The number of anilines is 1. The summed E-state index contributed by atoms with van der Waals surface area (Å²) in [6.07, 6.45) is -4.52. The van der Waals surface area contributed by atoms with Crippen LogP contribution in [0.3, 0.4) is 0 Å². The minimum Gasteiger partial charge on any atom is -0.482 e. The molecular weight excluding hydrogens is 385 g/mol. The number of benzene rings is 2. The first kappa shape index (κ1) is 19.2. The van der Waals surface area contributed by atoms with Crippen LogP contribution < -0.4 is 14.8 Å². The van der Waals surface area contributed by atoms with E-state index in [9.17, 15) is 26.4 Å². The van der Waals surface area contributed by atoms with Crippen LogP contribution in [-0.4, -0.2) is 20.9 Å². The molecule has 144 valence electrons. The number of fused-ring (bicyclic) bond motifs is 1. The normalized spacial score (nSPS) is 15.5. The van der Waals surface area contributed by atoms with Crippen molar-refractivity contribution in [3.05, 3.63) is 53.6 Å². The molecule has 0 aliphatic carbocycles. The lowest BCUT2D eigenvalue weighted by atomic mass is 10.1. The van der Waals surface area contributed by atoms with Gasteiger partial charge in [-0.3, -0.25) is 4.79 Å². The summed E-state index contributed by atoms with van der Waals surface area (Å²) in [5.74, 6) is -0.0817. The first-order valence-corrected chi connectivity index (χ1v) is 9.31. The zero-order valence-electron chi connectivity index (χ0n) is 14.0. The van der Waals surface area contributed by atoms with E-state index in [2.05, 4.69) is 10.0 Å². The molecule has 10 heteroatoms. The molecule has 2 aromatic carbocycles. The maximum Gasteiger partial charge on any atom is 0.416 e. The van der Waals surface area contributed by atoms with Crippen LogP contribution in [0.25, 0.3) is 0 Å². The summed E-state index contributed by atoms with van der Waals surface area (Å²) in [7, 11) is -4.05. The van der Waals surface area contributed by atoms with Crippen molar-refractivity contribution in [3.63, 3.8) is 0 Å². The predicted molar refractivity (Wildman–Crippen MR) is 90.7 cm³/mol. The average molecular weight is 400 g/mol. The monoisotopic (exact) mass is 400 g/mol. The number of carbonyl (C=O) groups is 1. The van der Waals surface area contributed by atoms with Crippen LogP contribution in [0.2, 0.25) is 0 Å². The van der Waals surface area contributed by atoms with Gasteiger partial charge >= 0.3 is 6.18 Å². The number of alkyl halides is 3. The molecule has 0 fully saturated rings. The Hall–Kier alpha value is -2.59. The average Bonchev–Trinajstić information content (AvgIpc) is 2.60. The maximum absolute atomic E-state index is 12.8. The minimum absolute atomic E-state index is 0.147. The summed E-state index contributed by atoms with van der Waals surface area (Å²) >= 11 is 0. The van der Waals surface area contributed by atoms with Crippen molar-refractivity contribution in [1.82, 2.24) is 4.72 Å². The second-order valence-electron chi connectivity index (χ2n) is 5.96. The number of ether oxygens (including phenoxy) is 1. The molecule has 1 aliphatic rings. The Kier molecular flexibility index (Phi) is 4.87. The van der Waals surface area contributed by atoms with E-state index < -0.39 is 33.7 Å². The Morgan fingerprint density at radius 3 is 2.63 bits per heavy atom. The van der Waals surface area contributed by atoms with Crippen LogP contribution in [0.4, 0.5) is 18.9 Å². The first-order valence-electron chi connectivity index (χ1n) is 7.82. The summed E-state index contributed by atoms with van der Waals surface area (Å²) in [6, 6.07) is 7.45. The van der Waals surface area contributed by atoms with Gasteiger partial charge in [-0.15, -0.1) is 0 Å². The highest BCUT2D eigenvalue weighted by Gasteiger charge is 2.31. The summed E-state index contributed by atoms with van der Waals surface area (Å²) in [6.45, 7) is 1.28. The summed E-state index contributed by atoms with van der Waals surface area (Å²) < 4.78 is 71.2. The van der Waals surface area contributed by atoms with Crippen molar-refractivity contribution in [2.24, 2.45) is 0 Å². The zero-order chi connectivity index (χ0) is 19.8. The fourth-order valence-electron chi connectivity index (χ4n) is 2.58. The van der Waals surface area contributed by atoms with Crippen LogP contribution in [-0.2, 0) is 21.0 Å². The van der Waals surface area contributed by atoms with E-state index in [-0.39, 0.29) is 22.8 Å². The van der Waals surface area contributed by atoms with Gasteiger partial charge in [0, 0.05) is 6.04 Å². The number of sulfonamides is 1. The third kappa shape index (κ3) is 4.22. The zero-order valence-corrected chi connectivity index (χ0v) is 14.8. The third-order valence-corrected chi connectivity index (χ3v) is 5.48. The molecule has 1 atom stereocenters. The van der Waals surface area contributed by atoms with Crippen LogP contribution in [0.5, 0.6) is 5.75 Å². The van der Waals surface area contributed by atoms with Crippen molar-refractivity contribution >= 4 is 21.6 Å². The summed E-state index contributed by atoms with van der Waals surface area (Å²) in [5, 5.41) is 2.50. The number of halogens is 3. The van der Waals surface area contributed by atoms with Gasteiger partial charge in [-0.1, -0.05) is 12.1 Å². The van der Waals surface area contributed by atoms with E-state index in [1.807, 2.05) is 0 Å². The second kappa shape index (κ2) is 6.86. The Morgan fingerprint density at radius 1 is 1.19 bits per heavy atom. The van der Waals surface area contributed by atoms with Crippen LogP contribution >= 0.6 is 0 Å². The number of hydrogen-bond acceptors (Lipinski definition) is 4. The molecule has 27 heavy (non-hydrogen) atoms. The quantitative estimate of drug-likeness (QED) is 0.826. The Bertz CT molecular complexity index is 990. The van der Waals surface area contributed by atoms with Gasteiger partial charge < -0.3 is 10.1 Å². The fourth-order valence-corrected chi connectivity index (χ4v) is 3.84. The Balaban J connectivity index is 1.84. The van der Waals surface area contributed by atoms with Crippen molar-refractivity contribution in [3.8, 4) is 5.75 Å². The van der Waals surface area contributed by atoms with E-state index in [0.29, 0.717) is 5.75 Å². The number of carbonyl (C=O) groups excluding carboxylic acids is 1. The molecule has 1 unspecified atom stereocenters. The lowest BCUT2D eigenvalue weighted by Crippen LogP contribution is -2.28. The Labute approximate surface area is 153 Å². The van der Waals surface area contributed by atoms with E-state index in [0.717, 1.165) is 12.1 Å². The van der Waals surface area contributed by atoms with E-state index in [1.54, 1.807) is 0 Å². The van der Waals surface area contributed by atoms with Crippen LogP contribution in [0.1, 0.15) is 24.1 Å². The molecular formula is C17H15F3N2O4S. The van der Waals surface area contributed by atoms with E-state index in [1.165, 1.54) is 37.3 Å². The lowest BCUT2D eigenvalue weighted by Gasteiger charge is -2.20. The smallest absolute Gasteiger partial charge is 0.416 e. The lowest BCUT2D eigenvalue weighted by molar-refractivity contribution is -0.137. The van der Waals surface area contributed by atoms with Crippen molar-refractivity contribution in [1.29, 1.82) is 0 Å². The largest absolute Gasteiger partial charge is 0.482 e. The van der Waals surface area contributed by atoms with Gasteiger partial charge in [-0.25, -0.2) is 13.1 Å². The van der Waals surface area contributed by atoms with Crippen LogP contribution in [0, 0.1) is 0 Å². The topological polar surface area (TPSA) is 84.5 Å². The van der Waals surface area contributed by atoms with Crippen molar-refractivity contribution in [2.75, 3.05) is 11.9 Å². The molecule has 0 saturated heterocycles. The third-order valence-electron chi connectivity index (χ3n) is 3.94. The van der Waals surface area contributed by atoms with Crippen molar-refractivity contribution < 1.29 is 31.1 Å². The van der Waals surface area contributed by atoms with Gasteiger partial charge in [-0.2, -0.15) is 13.2 Å². The molecule has 2 aromatic rings. The number of rotatable bonds is 4. The highest BCUT2D eigenvalue weighted by Crippen LogP contribution is 2.32. The van der Waals surface area contributed by atoms with Crippen molar-refractivity contribution in [2.45, 2.75) is 24.0 Å². The van der Waals surface area contributed by atoms with E-state index >= 15 is 0 Å². The van der Waals surface area contributed by atoms with Crippen LogP contribution in [0.15, 0.2) is 47.4 Å². The molecule has 1 amide bonds. The molecule has 0 bridgehead atoms. The molecule has 0 saturated carbocycles. The van der Waals surface area contributed by atoms with Gasteiger partial charge in [-0.05, 0) is 42.8 Å². The molecule has 0 radical (unpaired) electrons. The Morgan fingerprint density at radius 2 is 1.93 bits per heavy atom. The second-order valence-corrected chi connectivity index (χ2v) is 7.67. The molecule has 2 N–H and O–H groups in total. The number of nitrogens with one attached hydrogen (secondary N) is 2. The van der Waals surface area contributed by atoms with Gasteiger partial charge in [0.25, 0.3) is 5.91 Å². The predicted octanol–water partition coefficient (Wildman–Crippen LogP) is 3.08. The minimum atomic E-state index is -4.52. The summed E-state index contributed by atoms with van der Waals surface area (Å²) in [4.78, 5) is 11.2. The van der Waals surface area contributed by atoms with Gasteiger partial charge in [0.2, 0.25) is 10.0 Å². The first-order chi connectivity index (χ1) is 12.6. The highest BCUT2D eigenvalue weighted by atomic mass is 32.2. The molecule has 1 aliphatic heterocycles. The van der Waals surface area contributed by atoms with Gasteiger partial charge in [0.1, 0.15) is 5.75 Å². The molecule has 3 rings (SSSR count). The molecule has 1 heterocycles. The molecule has 0 aromatic heterocycles. The van der Waals surface area contributed by atoms with Gasteiger partial charge in [0.15, 0.2) is 6.61 Å². The summed E-state index contributed by atoms with van der Waals surface area (Å²) in [5.41, 5.74) is -0.483. The SMILES string of the molecule is CC(NS(=O)(=O)c1ccc2c(c1)NC(=O)CO2)c1cccc(C(F)(F)F)c1. The number of amides is 1. The standard InChI is InChI=1S/C17H15F3N2O4S/c1-10(11-3-2-4-12(7-11)17(18,19)20)22-27(24,25)13-5-6-15-14(8-13)21-16(23)9-26-15/h2-8,10,22H,9H2,1H3,(H,21,23). The highest BCUT2D eigenvalue weighted by molar-refractivity contribution is 7.89.